The highest BCUT2D eigenvalue weighted by atomic mass is 15.3. The molecule has 122 valence electrons. The van der Waals surface area contributed by atoms with Crippen LogP contribution in [0.4, 0.5) is 5.95 Å². The number of aryl methyl sites for hydroxylation is 1. The first-order valence-electron chi connectivity index (χ1n) is 8.13. The number of hydrogen-bond donors (Lipinski definition) is 0. The maximum absolute atomic E-state index is 4.81. The third kappa shape index (κ3) is 2.84. The van der Waals surface area contributed by atoms with Crippen molar-refractivity contribution in [2.75, 3.05) is 18.0 Å². The summed E-state index contributed by atoms with van der Waals surface area (Å²) in [5.41, 5.74) is 1.82. The Bertz CT molecular complexity index is 815. The second-order valence-corrected chi connectivity index (χ2v) is 6.02. The Morgan fingerprint density at radius 2 is 1.96 bits per heavy atom. The lowest BCUT2D eigenvalue weighted by Crippen LogP contribution is -2.35. The third-order valence-corrected chi connectivity index (χ3v) is 4.38. The maximum Gasteiger partial charge on any atom is 0.225 e. The van der Waals surface area contributed by atoms with Crippen molar-refractivity contribution >= 4 is 5.95 Å². The van der Waals surface area contributed by atoms with E-state index in [0.717, 1.165) is 49.1 Å². The van der Waals surface area contributed by atoms with E-state index in [9.17, 15) is 0 Å². The summed E-state index contributed by atoms with van der Waals surface area (Å²) in [7, 11) is 1.96. The first-order chi connectivity index (χ1) is 11.8. The highest BCUT2D eigenvalue weighted by molar-refractivity contribution is 5.48. The Balaban J connectivity index is 1.58. The average Bonchev–Trinajstić information content (AvgIpc) is 3.09. The van der Waals surface area contributed by atoms with E-state index in [4.69, 9.17) is 4.98 Å². The molecule has 4 heterocycles. The molecule has 1 aliphatic rings. The molecule has 0 bridgehead atoms. The second kappa shape index (κ2) is 6.35. The van der Waals surface area contributed by atoms with Crippen LogP contribution in [0.3, 0.4) is 0 Å². The molecule has 0 radical (unpaired) electrons. The van der Waals surface area contributed by atoms with Gasteiger partial charge < -0.3 is 9.47 Å². The van der Waals surface area contributed by atoms with E-state index in [-0.39, 0.29) is 0 Å². The molecular formula is C17H19N7. The lowest BCUT2D eigenvalue weighted by atomic mass is 9.95. The van der Waals surface area contributed by atoms with E-state index >= 15 is 0 Å². The molecule has 1 aliphatic heterocycles. The summed E-state index contributed by atoms with van der Waals surface area (Å²) in [5.74, 6) is 1.95. The van der Waals surface area contributed by atoms with Gasteiger partial charge in [-0.2, -0.15) is 0 Å². The zero-order valence-electron chi connectivity index (χ0n) is 13.6. The van der Waals surface area contributed by atoms with Crippen LogP contribution in [0.25, 0.3) is 11.5 Å². The summed E-state index contributed by atoms with van der Waals surface area (Å²) in [6.07, 6.45) is 13.1. The largest absolute Gasteiger partial charge is 0.340 e. The Hall–Kier alpha value is -2.83. The van der Waals surface area contributed by atoms with Crippen molar-refractivity contribution in [1.82, 2.24) is 29.5 Å². The van der Waals surface area contributed by atoms with Crippen LogP contribution in [-0.2, 0) is 7.05 Å². The van der Waals surface area contributed by atoms with E-state index in [0.29, 0.717) is 5.92 Å². The summed E-state index contributed by atoms with van der Waals surface area (Å²) in [6, 6.07) is 1.84. The van der Waals surface area contributed by atoms with Gasteiger partial charge in [0.2, 0.25) is 5.95 Å². The molecule has 0 spiro atoms. The molecule has 7 heteroatoms. The van der Waals surface area contributed by atoms with Crippen molar-refractivity contribution in [2.24, 2.45) is 7.05 Å². The van der Waals surface area contributed by atoms with Crippen LogP contribution < -0.4 is 4.90 Å². The summed E-state index contributed by atoms with van der Waals surface area (Å²) in [4.78, 5) is 24.5. The van der Waals surface area contributed by atoms with Gasteiger partial charge in [-0.1, -0.05) is 0 Å². The van der Waals surface area contributed by atoms with Crippen molar-refractivity contribution in [3.8, 4) is 11.5 Å². The van der Waals surface area contributed by atoms with Gasteiger partial charge in [0.15, 0.2) is 5.82 Å². The third-order valence-electron chi connectivity index (χ3n) is 4.38. The van der Waals surface area contributed by atoms with Gasteiger partial charge in [-0.15, -0.1) is 0 Å². The second-order valence-electron chi connectivity index (χ2n) is 6.02. The summed E-state index contributed by atoms with van der Waals surface area (Å²) in [5, 5.41) is 0. The van der Waals surface area contributed by atoms with Crippen molar-refractivity contribution in [2.45, 2.75) is 18.8 Å². The minimum atomic E-state index is 0.329. The van der Waals surface area contributed by atoms with Gasteiger partial charge >= 0.3 is 0 Å². The molecule has 3 aromatic rings. The van der Waals surface area contributed by atoms with Gasteiger partial charge in [0.05, 0.1) is 11.9 Å². The molecule has 24 heavy (non-hydrogen) atoms. The molecule has 3 aromatic heterocycles. The lowest BCUT2D eigenvalue weighted by Gasteiger charge is -2.32. The number of rotatable bonds is 3. The van der Waals surface area contributed by atoms with E-state index in [1.807, 2.05) is 30.1 Å². The number of nitrogens with zero attached hydrogens (tertiary/aromatic N) is 7. The van der Waals surface area contributed by atoms with E-state index in [2.05, 4.69) is 24.8 Å². The minimum absolute atomic E-state index is 0.329. The zero-order chi connectivity index (χ0) is 16.4. The normalized spacial score (nSPS) is 17.9. The quantitative estimate of drug-likeness (QED) is 0.735. The zero-order valence-corrected chi connectivity index (χ0v) is 13.6. The van der Waals surface area contributed by atoms with Crippen LogP contribution in [0.15, 0.2) is 43.2 Å². The minimum Gasteiger partial charge on any atom is -0.340 e. The fourth-order valence-corrected chi connectivity index (χ4v) is 3.15. The van der Waals surface area contributed by atoms with Gasteiger partial charge in [0.25, 0.3) is 0 Å². The van der Waals surface area contributed by atoms with E-state index in [1.54, 1.807) is 24.8 Å². The molecule has 7 nitrogen and oxygen atoms in total. The predicted molar refractivity (Wildman–Crippen MR) is 90.5 cm³/mol. The molecule has 0 unspecified atom stereocenters. The van der Waals surface area contributed by atoms with E-state index < -0.39 is 0 Å². The van der Waals surface area contributed by atoms with Crippen molar-refractivity contribution in [3.63, 3.8) is 0 Å². The highest BCUT2D eigenvalue weighted by Gasteiger charge is 2.24. The lowest BCUT2D eigenvalue weighted by molar-refractivity contribution is 0.494. The monoisotopic (exact) mass is 321 g/mol. The van der Waals surface area contributed by atoms with Crippen molar-refractivity contribution < 1.29 is 0 Å². The molecule has 0 aromatic carbocycles. The van der Waals surface area contributed by atoms with Gasteiger partial charge in [-0.3, -0.25) is 4.98 Å². The molecule has 1 saturated heterocycles. The standard InChI is InChI=1S/C17H19N7/c1-23-9-7-19-16(23)15-11-18-10-14(22-15)13-4-2-8-24(12-13)17-20-5-3-6-21-17/h3,5-7,9-11,13H,2,4,8,12H2,1H3/t13-/m1/s1. The molecule has 0 saturated carbocycles. The van der Waals surface area contributed by atoms with Crippen molar-refractivity contribution in [3.05, 3.63) is 48.9 Å². The van der Waals surface area contributed by atoms with Gasteiger partial charge in [0, 0.05) is 57.0 Å². The molecule has 4 rings (SSSR count). The van der Waals surface area contributed by atoms with Crippen LogP contribution in [0.1, 0.15) is 24.5 Å². The number of piperidine rings is 1. The predicted octanol–water partition coefficient (Wildman–Crippen LogP) is 2.05. The average molecular weight is 321 g/mol. The van der Waals surface area contributed by atoms with Crippen molar-refractivity contribution in [1.29, 1.82) is 0 Å². The number of imidazole rings is 1. The highest BCUT2D eigenvalue weighted by Crippen LogP contribution is 2.28. The van der Waals surface area contributed by atoms with Crippen LogP contribution in [0, 0.1) is 0 Å². The first-order valence-corrected chi connectivity index (χ1v) is 8.13. The maximum atomic E-state index is 4.81. The summed E-state index contributed by atoms with van der Waals surface area (Å²) < 4.78 is 1.96. The number of hydrogen-bond acceptors (Lipinski definition) is 6. The van der Waals surface area contributed by atoms with E-state index in [1.165, 1.54) is 0 Å². The molecule has 0 aliphatic carbocycles. The van der Waals surface area contributed by atoms with Gasteiger partial charge in [0.1, 0.15) is 5.69 Å². The Labute approximate surface area is 140 Å². The van der Waals surface area contributed by atoms with Gasteiger partial charge in [-0.05, 0) is 18.9 Å². The SMILES string of the molecule is Cn1ccnc1-c1cncc([C@@H]2CCCN(c3ncccn3)C2)n1. The molecule has 0 amide bonds. The van der Waals surface area contributed by atoms with Gasteiger partial charge in [-0.25, -0.2) is 19.9 Å². The fraction of sp³-hybridized carbons (Fsp3) is 0.353. The topological polar surface area (TPSA) is 72.6 Å². The molecule has 1 atom stereocenters. The van der Waals surface area contributed by atoms with Crippen LogP contribution in [0.5, 0.6) is 0 Å². The Morgan fingerprint density at radius 1 is 1.08 bits per heavy atom. The Morgan fingerprint density at radius 3 is 2.75 bits per heavy atom. The summed E-state index contributed by atoms with van der Waals surface area (Å²) >= 11 is 0. The first kappa shape index (κ1) is 14.7. The Kier molecular flexibility index (Phi) is 3.90. The molecule has 0 N–H and O–H groups in total. The number of anilines is 1. The van der Waals surface area contributed by atoms with Crippen LogP contribution >= 0.6 is 0 Å². The molecular weight excluding hydrogens is 302 g/mol. The number of aromatic nitrogens is 6. The summed E-state index contributed by atoms with van der Waals surface area (Å²) in [6.45, 7) is 1.84. The molecule has 1 fully saturated rings. The smallest absolute Gasteiger partial charge is 0.225 e. The van der Waals surface area contributed by atoms with Crippen LogP contribution in [0.2, 0.25) is 0 Å². The fourth-order valence-electron chi connectivity index (χ4n) is 3.15. The van der Waals surface area contributed by atoms with Crippen LogP contribution in [-0.4, -0.2) is 42.6 Å².